The lowest BCUT2D eigenvalue weighted by Crippen LogP contribution is -2.30. The number of anilines is 1. The molecule has 0 atom stereocenters. The van der Waals surface area contributed by atoms with Crippen molar-refractivity contribution in [2.24, 2.45) is 0 Å². The van der Waals surface area contributed by atoms with E-state index < -0.39 is 0 Å². The third-order valence-electron chi connectivity index (χ3n) is 3.83. The summed E-state index contributed by atoms with van der Waals surface area (Å²) in [5.41, 5.74) is 3.84. The second-order valence-corrected chi connectivity index (χ2v) is 6.36. The number of benzene rings is 2. The third kappa shape index (κ3) is 4.73. The van der Waals surface area contributed by atoms with Gasteiger partial charge in [0.1, 0.15) is 5.75 Å². The monoisotopic (exact) mass is 346 g/mol. The number of hydrogen-bond donors (Lipinski definition) is 1. The number of halogens is 1. The molecule has 0 spiro atoms. The largest absolute Gasteiger partial charge is 0.496 e. The van der Waals surface area contributed by atoms with Crippen LogP contribution in [0, 0.1) is 13.8 Å². The number of nitrogens with zero attached hydrogens (tertiary/aromatic N) is 1. The summed E-state index contributed by atoms with van der Waals surface area (Å²) in [4.78, 5) is 14.2. The molecule has 0 aliphatic carbocycles. The first-order valence-corrected chi connectivity index (χ1v) is 8.15. The van der Waals surface area contributed by atoms with Gasteiger partial charge in [-0.2, -0.15) is 0 Å². The van der Waals surface area contributed by atoms with Gasteiger partial charge in [-0.25, -0.2) is 0 Å². The number of carbonyl (C=O) groups is 1. The smallest absolute Gasteiger partial charge is 0.238 e. The molecule has 1 N–H and O–H groups in total. The Balaban J connectivity index is 1.99. The van der Waals surface area contributed by atoms with Crippen LogP contribution < -0.4 is 10.1 Å². The SMILES string of the molecule is COc1ccc(C)cc1CN(C)CC(=O)Nc1cccc(Cl)c1C. The molecule has 0 fully saturated rings. The molecule has 128 valence electrons. The topological polar surface area (TPSA) is 41.6 Å². The zero-order chi connectivity index (χ0) is 17.7. The molecule has 0 heterocycles. The summed E-state index contributed by atoms with van der Waals surface area (Å²) in [5.74, 6) is 0.757. The van der Waals surface area contributed by atoms with E-state index in [0.717, 1.165) is 22.6 Å². The van der Waals surface area contributed by atoms with Gasteiger partial charge in [0.05, 0.1) is 13.7 Å². The standard InChI is InChI=1S/C19H23ClN2O2/c1-13-8-9-18(24-4)15(10-13)11-22(3)12-19(23)21-17-7-5-6-16(20)14(17)2/h5-10H,11-12H2,1-4H3,(H,21,23). The molecule has 5 heteroatoms. The van der Waals surface area contributed by atoms with E-state index in [1.165, 1.54) is 5.56 Å². The molecule has 0 bridgehead atoms. The van der Waals surface area contributed by atoms with E-state index in [9.17, 15) is 4.79 Å². The molecule has 2 rings (SSSR count). The molecular formula is C19H23ClN2O2. The second kappa shape index (κ2) is 8.18. The highest BCUT2D eigenvalue weighted by Gasteiger charge is 2.12. The molecule has 2 aromatic rings. The number of methoxy groups -OCH3 is 1. The minimum atomic E-state index is -0.0745. The van der Waals surface area contributed by atoms with Crippen LogP contribution in [0.25, 0.3) is 0 Å². The quantitative estimate of drug-likeness (QED) is 0.858. The van der Waals surface area contributed by atoms with Crippen LogP contribution in [0.3, 0.4) is 0 Å². The predicted octanol–water partition coefficient (Wildman–Crippen LogP) is 4.04. The summed E-state index contributed by atoms with van der Waals surface area (Å²) in [6.45, 7) is 4.84. The van der Waals surface area contributed by atoms with Gasteiger partial charge >= 0.3 is 0 Å². The van der Waals surface area contributed by atoms with Crippen molar-refractivity contribution in [1.82, 2.24) is 4.90 Å². The van der Waals surface area contributed by atoms with Gasteiger partial charge in [0, 0.05) is 22.8 Å². The minimum Gasteiger partial charge on any atom is -0.496 e. The lowest BCUT2D eigenvalue weighted by atomic mass is 10.1. The summed E-state index contributed by atoms with van der Waals surface area (Å²) < 4.78 is 5.39. The Morgan fingerprint density at radius 2 is 2.00 bits per heavy atom. The van der Waals surface area contributed by atoms with E-state index in [4.69, 9.17) is 16.3 Å². The van der Waals surface area contributed by atoms with Crippen molar-refractivity contribution in [3.63, 3.8) is 0 Å². The zero-order valence-corrected chi connectivity index (χ0v) is 15.3. The Morgan fingerprint density at radius 3 is 2.71 bits per heavy atom. The van der Waals surface area contributed by atoms with Crippen LogP contribution in [0.4, 0.5) is 5.69 Å². The Morgan fingerprint density at radius 1 is 1.25 bits per heavy atom. The molecule has 24 heavy (non-hydrogen) atoms. The maximum absolute atomic E-state index is 12.3. The van der Waals surface area contributed by atoms with Crippen LogP contribution >= 0.6 is 11.6 Å². The molecule has 0 saturated heterocycles. The molecule has 0 unspecified atom stereocenters. The number of amides is 1. The highest BCUT2D eigenvalue weighted by Crippen LogP contribution is 2.23. The molecule has 0 saturated carbocycles. The van der Waals surface area contributed by atoms with Gasteiger partial charge in [-0.1, -0.05) is 35.4 Å². The first kappa shape index (κ1) is 18.3. The maximum atomic E-state index is 12.3. The number of carbonyl (C=O) groups excluding carboxylic acids is 1. The number of nitrogens with one attached hydrogen (secondary N) is 1. The van der Waals surface area contributed by atoms with Crippen molar-refractivity contribution < 1.29 is 9.53 Å². The van der Waals surface area contributed by atoms with Gasteiger partial charge in [-0.05, 0) is 44.7 Å². The van der Waals surface area contributed by atoms with Crippen molar-refractivity contribution in [1.29, 1.82) is 0 Å². The van der Waals surface area contributed by atoms with Gasteiger partial charge < -0.3 is 10.1 Å². The first-order chi connectivity index (χ1) is 11.4. The van der Waals surface area contributed by atoms with Crippen LogP contribution in [-0.4, -0.2) is 31.5 Å². The van der Waals surface area contributed by atoms with E-state index in [1.54, 1.807) is 7.11 Å². The molecule has 1 amide bonds. The van der Waals surface area contributed by atoms with Gasteiger partial charge in [0.2, 0.25) is 5.91 Å². The predicted molar refractivity (Wildman–Crippen MR) is 98.9 cm³/mol. The van der Waals surface area contributed by atoms with E-state index in [0.29, 0.717) is 11.6 Å². The van der Waals surface area contributed by atoms with Crippen molar-refractivity contribution >= 4 is 23.2 Å². The first-order valence-electron chi connectivity index (χ1n) is 7.77. The van der Waals surface area contributed by atoms with Crippen molar-refractivity contribution in [2.45, 2.75) is 20.4 Å². The second-order valence-electron chi connectivity index (χ2n) is 5.95. The number of likely N-dealkylation sites (N-methyl/N-ethyl adjacent to an activating group) is 1. The van der Waals surface area contributed by atoms with Gasteiger partial charge in [0.25, 0.3) is 0 Å². The van der Waals surface area contributed by atoms with E-state index in [-0.39, 0.29) is 12.5 Å². The van der Waals surface area contributed by atoms with E-state index >= 15 is 0 Å². The normalized spacial score (nSPS) is 10.8. The van der Waals surface area contributed by atoms with Crippen LogP contribution in [0.1, 0.15) is 16.7 Å². The molecule has 0 aromatic heterocycles. The van der Waals surface area contributed by atoms with Gasteiger partial charge in [0.15, 0.2) is 0 Å². The number of rotatable bonds is 6. The molecule has 4 nitrogen and oxygen atoms in total. The molecule has 0 aliphatic rings. The maximum Gasteiger partial charge on any atom is 0.238 e. The van der Waals surface area contributed by atoms with E-state index in [2.05, 4.69) is 11.4 Å². The third-order valence-corrected chi connectivity index (χ3v) is 4.24. The van der Waals surface area contributed by atoms with Crippen molar-refractivity contribution in [2.75, 3.05) is 26.0 Å². The summed E-state index contributed by atoms with van der Waals surface area (Å²) >= 11 is 6.08. The fraction of sp³-hybridized carbons (Fsp3) is 0.316. The lowest BCUT2D eigenvalue weighted by molar-refractivity contribution is -0.117. The minimum absolute atomic E-state index is 0.0745. The van der Waals surface area contributed by atoms with Crippen molar-refractivity contribution in [3.05, 3.63) is 58.1 Å². The summed E-state index contributed by atoms with van der Waals surface area (Å²) in [7, 11) is 3.56. The Labute approximate surface area is 148 Å². The molecular weight excluding hydrogens is 324 g/mol. The van der Waals surface area contributed by atoms with Crippen LogP contribution in [0.15, 0.2) is 36.4 Å². The summed E-state index contributed by atoms with van der Waals surface area (Å²) in [5, 5.41) is 3.56. The fourth-order valence-electron chi connectivity index (χ4n) is 2.56. The number of aryl methyl sites for hydroxylation is 1. The van der Waals surface area contributed by atoms with Crippen molar-refractivity contribution in [3.8, 4) is 5.75 Å². The molecule has 0 radical (unpaired) electrons. The highest BCUT2D eigenvalue weighted by molar-refractivity contribution is 6.31. The highest BCUT2D eigenvalue weighted by atomic mass is 35.5. The zero-order valence-electron chi connectivity index (χ0n) is 14.5. The number of hydrogen-bond acceptors (Lipinski definition) is 3. The Bertz CT molecular complexity index is 731. The lowest BCUT2D eigenvalue weighted by Gasteiger charge is -2.19. The van der Waals surface area contributed by atoms with Crippen LogP contribution in [0.5, 0.6) is 5.75 Å². The summed E-state index contributed by atoms with van der Waals surface area (Å²) in [6.07, 6.45) is 0. The summed E-state index contributed by atoms with van der Waals surface area (Å²) in [6, 6.07) is 11.5. The average Bonchev–Trinajstić information content (AvgIpc) is 2.52. The number of ether oxygens (including phenoxy) is 1. The van der Waals surface area contributed by atoms with Crippen LogP contribution in [0.2, 0.25) is 5.02 Å². The fourth-order valence-corrected chi connectivity index (χ4v) is 2.73. The molecule has 2 aromatic carbocycles. The van der Waals surface area contributed by atoms with E-state index in [1.807, 2.05) is 56.1 Å². The van der Waals surface area contributed by atoms with Gasteiger partial charge in [-0.15, -0.1) is 0 Å². The van der Waals surface area contributed by atoms with Crippen LogP contribution in [-0.2, 0) is 11.3 Å². The Kier molecular flexibility index (Phi) is 6.23. The Hall–Kier alpha value is -2.04. The average molecular weight is 347 g/mol. The van der Waals surface area contributed by atoms with Gasteiger partial charge in [-0.3, -0.25) is 9.69 Å². The molecule has 0 aliphatic heterocycles.